The zero-order chi connectivity index (χ0) is 21.0. The number of nitrogens with zero attached hydrogens (tertiary/aromatic N) is 5. The molecule has 1 saturated heterocycles. The maximum atomic E-state index is 12.3. The highest BCUT2D eigenvalue weighted by atomic mass is 16.5. The second-order valence-corrected chi connectivity index (χ2v) is 7.53. The fourth-order valence-electron chi connectivity index (χ4n) is 3.32. The van der Waals surface area contributed by atoms with Crippen LogP contribution in [0.5, 0.6) is 0 Å². The quantitative estimate of drug-likeness (QED) is 0.722. The molecular weight excluding hydrogens is 372 g/mol. The van der Waals surface area contributed by atoms with Crippen LogP contribution in [0.25, 0.3) is 0 Å². The summed E-state index contributed by atoms with van der Waals surface area (Å²) in [5, 5.41) is 0. The first-order valence-electron chi connectivity index (χ1n) is 9.62. The van der Waals surface area contributed by atoms with E-state index in [1.807, 2.05) is 12.1 Å². The number of nitrogens with two attached hydrogens (primary N) is 1. The molecule has 156 valence electrons. The third kappa shape index (κ3) is 5.85. The third-order valence-corrected chi connectivity index (χ3v) is 4.51. The molecular formula is C20H28N6O3. The summed E-state index contributed by atoms with van der Waals surface area (Å²) >= 11 is 0. The van der Waals surface area contributed by atoms with Gasteiger partial charge in [0.25, 0.3) is 0 Å². The molecule has 9 nitrogen and oxygen atoms in total. The highest BCUT2D eigenvalue weighted by Gasteiger charge is 2.22. The molecule has 1 aliphatic heterocycles. The van der Waals surface area contributed by atoms with Gasteiger partial charge in [0.2, 0.25) is 11.9 Å². The molecule has 1 aromatic heterocycles. The van der Waals surface area contributed by atoms with E-state index in [9.17, 15) is 4.79 Å². The number of carbonyl (C=O) groups is 1. The first-order valence-corrected chi connectivity index (χ1v) is 9.62. The molecule has 0 amide bonds. The molecule has 2 aromatic rings. The SMILES string of the molecule is CC1CN(Cc2ccc(C(=O)OCc3nc(N)nc(N(C)C)n3)cc2)CC(C)O1. The van der Waals surface area contributed by atoms with Gasteiger partial charge in [-0.2, -0.15) is 15.0 Å². The van der Waals surface area contributed by atoms with E-state index in [-0.39, 0.29) is 24.8 Å². The van der Waals surface area contributed by atoms with Gasteiger partial charge in [-0.05, 0) is 31.5 Å². The van der Waals surface area contributed by atoms with E-state index in [2.05, 4.69) is 33.7 Å². The molecule has 9 heteroatoms. The number of esters is 1. The molecule has 0 aliphatic carbocycles. The summed E-state index contributed by atoms with van der Waals surface area (Å²) in [7, 11) is 3.59. The number of anilines is 2. The lowest BCUT2D eigenvalue weighted by atomic mass is 10.1. The van der Waals surface area contributed by atoms with E-state index in [0.717, 1.165) is 25.2 Å². The Bertz CT molecular complexity index is 833. The Balaban J connectivity index is 1.56. The Morgan fingerprint density at radius 3 is 2.45 bits per heavy atom. The number of ether oxygens (including phenoxy) is 2. The first-order chi connectivity index (χ1) is 13.8. The van der Waals surface area contributed by atoms with Crippen LogP contribution in [0.15, 0.2) is 24.3 Å². The monoisotopic (exact) mass is 400 g/mol. The van der Waals surface area contributed by atoms with Gasteiger partial charge in [-0.15, -0.1) is 0 Å². The minimum Gasteiger partial charge on any atom is -0.454 e. The number of carbonyl (C=O) groups excluding carboxylic acids is 1. The minimum atomic E-state index is -0.435. The van der Waals surface area contributed by atoms with E-state index in [1.165, 1.54) is 0 Å². The Morgan fingerprint density at radius 2 is 1.83 bits per heavy atom. The Hall–Kier alpha value is -2.78. The van der Waals surface area contributed by atoms with Crippen molar-refractivity contribution in [1.82, 2.24) is 19.9 Å². The zero-order valence-corrected chi connectivity index (χ0v) is 17.3. The van der Waals surface area contributed by atoms with Gasteiger partial charge in [0, 0.05) is 33.7 Å². The second kappa shape index (κ2) is 9.15. The Labute approximate surface area is 170 Å². The van der Waals surface area contributed by atoms with Crippen LogP contribution in [0.1, 0.15) is 35.6 Å². The molecule has 3 rings (SSSR count). The molecule has 0 bridgehead atoms. The van der Waals surface area contributed by atoms with Crippen molar-refractivity contribution in [3.63, 3.8) is 0 Å². The zero-order valence-electron chi connectivity index (χ0n) is 17.3. The Morgan fingerprint density at radius 1 is 1.17 bits per heavy atom. The molecule has 2 unspecified atom stereocenters. The van der Waals surface area contributed by atoms with Crippen molar-refractivity contribution in [1.29, 1.82) is 0 Å². The van der Waals surface area contributed by atoms with Crippen LogP contribution in [0, 0.1) is 0 Å². The molecule has 2 heterocycles. The number of benzene rings is 1. The number of nitrogen functional groups attached to an aromatic ring is 1. The summed E-state index contributed by atoms with van der Waals surface area (Å²) in [5.41, 5.74) is 7.31. The summed E-state index contributed by atoms with van der Waals surface area (Å²) in [6.45, 7) is 6.73. The predicted octanol–water partition coefficient (Wildman–Crippen LogP) is 1.49. The third-order valence-electron chi connectivity index (χ3n) is 4.51. The molecule has 2 N–H and O–H groups in total. The van der Waals surface area contributed by atoms with Gasteiger partial charge in [-0.3, -0.25) is 4.90 Å². The topological polar surface area (TPSA) is 107 Å². The van der Waals surface area contributed by atoms with Crippen LogP contribution >= 0.6 is 0 Å². The van der Waals surface area contributed by atoms with E-state index >= 15 is 0 Å². The van der Waals surface area contributed by atoms with Crippen LogP contribution in [0.3, 0.4) is 0 Å². The molecule has 0 saturated carbocycles. The van der Waals surface area contributed by atoms with Crippen molar-refractivity contribution in [2.45, 2.75) is 39.2 Å². The van der Waals surface area contributed by atoms with E-state index in [0.29, 0.717) is 17.3 Å². The van der Waals surface area contributed by atoms with Gasteiger partial charge in [0.1, 0.15) is 0 Å². The molecule has 0 spiro atoms. The predicted molar refractivity (Wildman–Crippen MR) is 109 cm³/mol. The lowest BCUT2D eigenvalue weighted by Gasteiger charge is -2.35. The molecule has 1 fully saturated rings. The highest BCUT2D eigenvalue weighted by molar-refractivity contribution is 5.89. The van der Waals surface area contributed by atoms with E-state index < -0.39 is 5.97 Å². The maximum Gasteiger partial charge on any atom is 0.338 e. The van der Waals surface area contributed by atoms with Gasteiger partial charge in [0.15, 0.2) is 12.4 Å². The molecule has 1 aliphatic rings. The average Bonchev–Trinajstić information content (AvgIpc) is 2.65. The molecule has 2 atom stereocenters. The number of aromatic nitrogens is 3. The van der Waals surface area contributed by atoms with E-state index in [1.54, 1.807) is 31.1 Å². The average molecular weight is 400 g/mol. The minimum absolute atomic E-state index is 0.0717. The van der Waals surface area contributed by atoms with Crippen molar-refractivity contribution in [2.75, 3.05) is 37.8 Å². The van der Waals surface area contributed by atoms with Crippen LogP contribution in [-0.4, -0.2) is 65.2 Å². The van der Waals surface area contributed by atoms with Crippen LogP contribution in [0.4, 0.5) is 11.9 Å². The molecule has 29 heavy (non-hydrogen) atoms. The summed E-state index contributed by atoms with van der Waals surface area (Å²) in [6, 6.07) is 7.45. The summed E-state index contributed by atoms with van der Waals surface area (Å²) < 4.78 is 11.1. The summed E-state index contributed by atoms with van der Waals surface area (Å²) in [5.74, 6) is 0.378. The fraction of sp³-hybridized carbons (Fsp3) is 0.500. The summed E-state index contributed by atoms with van der Waals surface area (Å²) in [4.78, 5) is 28.7. The first kappa shape index (κ1) is 20.9. The maximum absolute atomic E-state index is 12.3. The van der Waals surface area contributed by atoms with Gasteiger partial charge < -0.3 is 20.1 Å². The van der Waals surface area contributed by atoms with Gasteiger partial charge in [-0.1, -0.05) is 12.1 Å². The smallest absolute Gasteiger partial charge is 0.338 e. The van der Waals surface area contributed by atoms with E-state index in [4.69, 9.17) is 15.2 Å². The molecule has 1 aromatic carbocycles. The number of hydrogen-bond acceptors (Lipinski definition) is 9. The fourth-order valence-corrected chi connectivity index (χ4v) is 3.32. The van der Waals surface area contributed by atoms with Gasteiger partial charge in [0.05, 0.1) is 17.8 Å². The van der Waals surface area contributed by atoms with Gasteiger partial charge >= 0.3 is 5.97 Å². The van der Waals surface area contributed by atoms with Gasteiger partial charge in [-0.25, -0.2) is 4.79 Å². The largest absolute Gasteiger partial charge is 0.454 e. The number of morpholine rings is 1. The number of hydrogen-bond donors (Lipinski definition) is 1. The lowest BCUT2D eigenvalue weighted by Crippen LogP contribution is -2.44. The van der Waals surface area contributed by atoms with Crippen LogP contribution in [-0.2, 0) is 22.6 Å². The Kier molecular flexibility index (Phi) is 6.60. The van der Waals surface area contributed by atoms with Crippen molar-refractivity contribution in [3.05, 3.63) is 41.2 Å². The van der Waals surface area contributed by atoms with Crippen LogP contribution in [0.2, 0.25) is 0 Å². The molecule has 0 radical (unpaired) electrons. The second-order valence-electron chi connectivity index (χ2n) is 7.53. The summed E-state index contributed by atoms with van der Waals surface area (Å²) in [6.07, 6.45) is 0.455. The standard InChI is InChI=1S/C20H28N6O3/c1-13-9-26(10-14(2)29-13)11-15-5-7-16(8-6-15)18(27)28-12-17-22-19(21)24-20(23-17)25(3)4/h5-8,13-14H,9-12H2,1-4H3,(H2,21,22,23,24). The lowest BCUT2D eigenvalue weighted by molar-refractivity contribution is -0.0704. The van der Waals surface area contributed by atoms with Crippen molar-refractivity contribution in [2.24, 2.45) is 0 Å². The van der Waals surface area contributed by atoms with Crippen molar-refractivity contribution < 1.29 is 14.3 Å². The van der Waals surface area contributed by atoms with Crippen molar-refractivity contribution >= 4 is 17.9 Å². The van der Waals surface area contributed by atoms with Crippen molar-refractivity contribution in [3.8, 4) is 0 Å². The number of rotatable bonds is 6. The van der Waals surface area contributed by atoms with Crippen LogP contribution < -0.4 is 10.6 Å². The highest BCUT2D eigenvalue weighted by Crippen LogP contribution is 2.15. The normalized spacial score (nSPS) is 19.7.